The molecule has 1 N–H and O–H groups in total. The first-order chi connectivity index (χ1) is 10.2. The monoisotopic (exact) mass is 329 g/mol. The van der Waals surface area contributed by atoms with Crippen molar-refractivity contribution in [2.75, 3.05) is 6.54 Å². The van der Waals surface area contributed by atoms with Gasteiger partial charge < -0.3 is 5.32 Å². The van der Waals surface area contributed by atoms with E-state index < -0.39 is 0 Å². The van der Waals surface area contributed by atoms with E-state index in [-0.39, 0.29) is 0 Å². The highest BCUT2D eigenvalue weighted by molar-refractivity contribution is 7.16. The topological polar surface area (TPSA) is 12.0 Å². The summed E-state index contributed by atoms with van der Waals surface area (Å²) in [5, 5.41) is 3.59. The maximum Gasteiger partial charge on any atom is 0.0931 e. The lowest BCUT2D eigenvalue weighted by atomic mass is 10.1. The van der Waals surface area contributed by atoms with Gasteiger partial charge in [-0.25, -0.2) is 0 Å². The van der Waals surface area contributed by atoms with Crippen LogP contribution < -0.4 is 5.32 Å². The fourth-order valence-corrected chi connectivity index (χ4v) is 3.68. The van der Waals surface area contributed by atoms with Gasteiger partial charge >= 0.3 is 0 Å². The number of hydrogen-bond acceptors (Lipinski definition) is 2. The van der Waals surface area contributed by atoms with Crippen LogP contribution in [0.2, 0.25) is 4.34 Å². The van der Waals surface area contributed by atoms with Crippen LogP contribution in [0.15, 0.2) is 12.1 Å². The molecule has 0 amide bonds. The molecule has 0 aliphatic heterocycles. The number of halogens is 1. The van der Waals surface area contributed by atoms with Crippen molar-refractivity contribution in [2.45, 2.75) is 84.1 Å². The maximum absolute atomic E-state index is 5.97. The zero-order chi connectivity index (χ0) is 15.3. The number of hydrogen-bond donors (Lipinski definition) is 1. The highest BCUT2D eigenvalue weighted by Crippen LogP contribution is 2.26. The third-order valence-corrected chi connectivity index (χ3v) is 5.42. The van der Waals surface area contributed by atoms with Gasteiger partial charge in [0.1, 0.15) is 0 Å². The van der Waals surface area contributed by atoms with Gasteiger partial charge in [0.15, 0.2) is 0 Å². The third kappa shape index (κ3) is 9.55. The summed E-state index contributed by atoms with van der Waals surface area (Å²) < 4.78 is 0.887. The van der Waals surface area contributed by atoms with Gasteiger partial charge in [0.2, 0.25) is 0 Å². The molecule has 1 aromatic heterocycles. The van der Waals surface area contributed by atoms with Gasteiger partial charge in [0.25, 0.3) is 0 Å². The molecule has 1 atom stereocenters. The Balaban J connectivity index is 1.86. The third-order valence-electron chi connectivity index (χ3n) is 4.00. The summed E-state index contributed by atoms with van der Waals surface area (Å²) in [7, 11) is 0. The Labute approximate surface area is 140 Å². The Kier molecular flexibility index (Phi) is 11.3. The van der Waals surface area contributed by atoms with Gasteiger partial charge in [0, 0.05) is 10.9 Å². The second kappa shape index (κ2) is 12.5. The SMILES string of the molecule is CCCCCCCCCCCCNC(C)c1ccc(Cl)s1. The minimum absolute atomic E-state index is 0.432. The van der Waals surface area contributed by atoms with Crippen LogP contribution in [0, 0.1) is 0 Å². The second-order valence-corrected chi connectivity index (χ2v) is 7.75. The molecule has 3 heteroatoms. The van der Waals surface area contributed by atoms with Crippen molar-refractivity contribution in [1.82, 2.24) is 5.32 Å². The molecule has 0 aliphatic rings. The van der Waals surface area contributed by atoms with E-state index >= 15 is 0 Å². The first-order valence-corrected chi connectivity index (χ1v) is 9.92. The van der Waals surface area contributed by atoms with Crippen molar-refractivity contribution in [3.8, 4) is 0 Å². The lowest BCUT2D eigenvalue weighted by Gasteiger charge is -2.11. The fourth-order valence-electron chi connectivity index (χ4n) is 2.59. The zero-order valence-corrected chi connectivity index (χ0v) is 15.4. The molecule has 1 heterocycles. The molecular weight excluding hydrogens is 298 g/mol. The zero-order valence-electron chi connectivity index (χ0n) is 13.8. The minimum Gasteiger partial charge on any atom is -0.309 e. The number of nitrogens with one attached hydrogen (secondary N) is 1. The molecule has 0 aromatic carbocycles. The average Bonchev–Trinajstić information content (AvgIpc) is 2.91. The van der Waals surface area contributed by atoms with Crippen molar-refractivity contribution in [3.05, 3.63) is 21.3 Å². The molecule has 0 fully saturated rings. The predicted octanol–water partition coefficient (Wildman–Crippen LogP) is 6.97. The highest BCUT2D eigenvalue weighted by atomic mass is 35.5. The summed E-state index contributed by atoms with van der Waals surface area (Å²) in [4.78, 5) is 1.34. The van der Waals surface area contributed by atoms with E-state index in [4.69, 9.17) is 11.6 Å². The Morgan fingerprint density at radius 3 is 2.05 bits per heavy atom. The van der Waals surface area contributed by atoms with Gasteiger partial charge in [-0.3, -0.25) is 0 Å². The molecule has 1 unspecified atom stereocenters. The van der Waals surface area contributed by atoms with Gasteiger partial charge in [-0.2, -0.15) is 0 Å². The van der Waals surface area contributed by atoms with Gasteiger partial charge in [-0.1, -0.05) is 76.3 Å². The van der Waals surface area contributed by atoms with Gasteiger partial charge in [-0.15, -0.1) is 11.3 Å². The first kappa shape index (κ1) is 19.0. The summed E-state index contributed by atoms with van der Waals surface area (Å²) in [6.45, 7) is 5.62. The molecule has 0 bridgehead atoms. The molecular formula is C18H32ClNS. The van der Waals surface area contributed by atoms with Crippen LogP contribution in [0.4, 0.5) is 0 Å². The summed E-state index contributed by atoms with van der Waals surface area (Å²) in [6, 6.07) is 4.55. The van der Waals surface area contributed by atoms with Crippen molar-refractivity contribution >= 4 is 22.9 Å². The van der Waals surface area contributed by atoms with E-state index in [0.717, 1.165) is 10.9 Å². The van der Waals surface area contributed by atoms with Crippen LogP contribution in [0.1, 0.15) is 89.0 Å². The van der Waals surface area contributed by atoms with E-state index in [1.165, 1.54) is 69.1 Å². The van der Waals surface area contributed by atoms with Crippen LogP contribution in [0.25, 0.3) is 0 Å². The van der Waals surface area contributed by atoms with Crippen molar-refractivity contribution in [2.24, 2.45) is 0 Å². The van der Waals surface area contributed by atoms with E-state index in [1.807, 2.05) is 6.07 Å². The van der Waals surface area contributed by atoms with E-state index in [2.05, 4.69) is 25.2 Å². The van der Waals surface area contributed by atoms with Crippen LogP contribution >= 0.6 is 22.9 Å². The molecule has 0 saturated carbocycles. The van der Waals surface area contributed by atoms with E-state index in [1.54, 1.807) is 11.3 Å². The molecule has 0 radical (unpaired) electrons. The fraction of sp³-hybridized carbons (Fsp3) is 0.778. The minimum atomic E-state index is 0.432. The molecule has 122 valence electrons. The number of unbranched alkanes of at least 4 members (excludes halogenated alkanes) is 9. The predicted molar refractivity (Wildman–Crippen MR) is 97.6 cm³/mol. The first-order valence-electron chi connectivity index (χ1n) is 8.72. The molecule has 1 aromatic rings. The van der Waals surface area contributed by atoms with Crippen molar-refractivity contribution in [1.29, 1.82) is 0 Å². The molecule has 0 aliphatic carbocycles. The van der Waals surface area contributed by atoms with Crippen LogP contribution in [0.5, 0.6) is 0 Å². The summed E-state index contributed by atoms with van der Waals surface area (Å²) in [5.74, 6) is 0. The van der Waals surface area contributed by atoms with Gasteiger partial charge in [-0.05, 0) is 32.0 Å². The molecule has 0 spiro atoms. The normalized spacial score (nSPS) is 12.7. The number of rotatable bonds is 13. The van der Waals surface area contributed by atoms with Crippen LogP contribution in [-0.2, 0) is 0 Å². The summed E-state index contributed by atoms with van der Waals surface area (Å²) >= 11 is 7.65. The maximum atomic E-state index is 5.97. The largest absolute Gasteiger partial charge is 0.309 e. The number of thiophene rings is 1. The Hall–Kier alpha value is -0.0500. The quantitative estimate of drug-likeness (QED) is 0.385. The van der Waals surface area contributed by atoms with E-state index in [0.29, 0.717) is 6.04 Å². The lowest BCUT2D eigenvalue weighted by molar-refractivity contribution is 0.521. The summed E-state index contributed by atoms with van der Waals surface area (Å²) in [6.07, 6.45) is 14.0. The summed E-state index contributed by atoms with van der Waals surface area (Å²) in [5.41, 5.74) is 0. The van der Waals surface area contributed by atoms with Gasteiger partial charge in [0.05, 0.1) is 4.34 Å². The Morgan fingerprint density at radius 2 is 1.52 bits per heavy atom. The molecule has 1 rings (SSSR count). The Bertz CT molecular complexity index is 351. The molecule has 0 saturated heterocycles. The average molecular weight is 330 g/mol. The smallest absolute Gasteiger partial charge is 0.0931 e. The van der Waals surface area contributed by atoms with Crippen molar-refractivity contribution < 1.29 is 0 Å². The van der Waals surface area contributed by atoms with Crippen LogP contribution in [-0.4, -0.2) is 6.54 Å². The molecule has 1 nitrogen and oxygen atoms in total. The second-order valence-electron chi connectivity index (χ2n) is 6.00. The van der Waals surface area contributed by atoms with E-state index in [9.17, 15) is 0 Å². The lowest BCUT2D eigenvalue weighted by Crippen LogP contribution is -2.18. The highest BCUT2D eigenvalue weighted by Gasteiger charge is 2.06. The molecule has 21 heavy (non-hydrogen) atoms. The standard InChI is InChI=1S/C18H32ClNS/c1-3-4-5-6-7-8-9-10-11-12-15-20-16(2)17-13-14-18(19)21-17/h13-14,16,20H,3-12,15H2,1-2H3. The Morgan fingerprint density at radius 1 is 0.952 bits per heavy atom. The van der Waals surface area contributed by atoms with Crippen LogP contribution in [0.3, 0.4) is 0 Å². The van der Waals surface area contributed by atoms with Crippen molar-refractivity contribution in [3.63, 3.8) is 0 Å².